The van der Waals surface area contributed by atoms with Gasteiger partial charge in [0.1, 0.15) is 0 Å². The van der Waals surface area contributed by atoms with Gasteiger partial charge in [0.05, 0.1) is 11.9 Å². The fraction of sp³-hybridized carbons (Fsp3) is 0.400. The van der Waals surface area contributed by atoms with Crippen LogP contribution in [-0.2, 0) is 17.6 Å². The molecule has 1 aromatic carbocycles. The number of hydrogen-bond acceptors (Lipinski definition) is 4. The van der Waals surface area contributed by atoms with E-state index in [0.717, 1.165) is 38.0 Å². The molecule has 0 saturated carbocycles. The number of nitrogens with two attached hydrogens (primary N) is 1. The van der Waals surface area contributed by atoms with Crippen molar-refractivity contribution in [1.82, 2.24) is 4.98 Å². The second kappa shape index (κ2) is 7.64. The average molecular weight is 373 g/mol. The molecule has 2 aliphatic rings. The summed E-state index contributed by atoms with van der Waals surface area (Å²) in [7, 11) is 1.86. The van der Waals surface area contributed by atoms with Gasteiger partial charge in [-0.3, -0.25) is 9.78 Å². The molecule has 0 fully saturated rings. The van der Waals surface area contributed by atoms with Crippen molar-refractivity contribution in [2.24, 2.45) is 5.73 Å². The molecule has 0 saturated heterocycles. The van der Waals surface area contributed by atoms with Crippen molar-refractivity contribution in [2.75, 3.05) is 36.5 Å². The Balaban J connectivity index is 0.00000196. The summed E-state index contributed by atoms with van der Waals surface area (Å²) in [4.78, 5) is 20.5. The maximum absolute atomic E-state index is 11.9. The summed E-state index contributed by atoms with van der Waals surface area (Å²) in [6.45, 7) is 2.57. The summed E-state index contributed by atoms with van der Waals surface area (Å²) < 4.78 is 0. The monoisotopic (exact) mass is 372 g/mol. The number of fused-ring (bicyclic) bond motifs is 2. The van der Waals surface area contributed by atoms with Gasteiger partial charge in [0.15, 0.2) is 0 Å². The number of carbonyl (C=O) groups excluding carboxylic acids is 1. The Morgan fingerprint density at radius 3 is 2.81 bits per heavy atom. The summed E-state index contributed by atoms with van der Waals surface area (Å²) in [6, 6.07) is 6.42. The van der Waals surface area contributed by atoms with Crippen molar-refractivity contribution in [3.8, 4) is 11.1 Å². The summed E-state index contributed by atoms with van der Waals surface area (Å²) in [5.41, 5.74) is 13.0. The lowest BCUT2D eigenvalue weighted by Gasteiger charge is -2.32. The maximum Gasteiger partial charge on any atom is 0.227 e. The van der Waals surface area contributed by atoms with Gasteiger partial charge in [-0.2, -0.15) is 0 Å². The fourth-order valence-corrected chi connectivity index (χ4v) is 4.04. The van der Waals surface area contributed by atoms with Crippen LogP contribution in [0.3, 0.4) is 0 Å². The SMILES string of the molecule is CN1C(=O)CCc2cc(-c3cncc4c3CCCN4CCN)ccc21.Cl. The van der Waals surface area contributed by atoms with Crippen LogP contribution in [0.15, 0.2) is 30.6 Å². The molecule has 5 nitrogen and oxygen atoms in total. The van der Waals surface area contributed by atoms with Crippen molar-refractivity contribution in [1.29, 1.82) is 0 Å². The number of aromatic nitrogens is 1. The number of pyridine rings is 1. The van der Waals surface area contributed by atoms with Gasteiger partial charge in [0.25, 0.3) is 0 Å². The van der Waals surface area contributed by atoms with Gasteiger partial charge in [0.2, 0.25) is 5.91 Å². The molecule has 0 aliphatic carbocycles. The van der Waals surface area contributed by atoms with Crippen molar-refractivity contribution < 1.29 is 4.79 Å². The molecule has 138 valence electrons. The molecule has 2 aromatic rings. The first-order valence-electron chi connectivity index (χ1n) is 9.01. The van der Waals surface area contributed by atoms with E-state index < -0.39 is 0 Å². The normalized spacial score (nSPS) is 16.0. The molecule has 26 heavy (non-hydrogen) atoms. The highest BCUT2D eigenvalue weighted by atomic mass is 35.5. The van der Waals surface area contributed by atoms with Gasteiger partial charge < -0.3 is 15.5 Å². The molecule has 2 N–H and O–H groups in total. The molecule has 4 rings (SSSR count). The highest BCUT2D eigenvalue weighted by molar-refractivity contribution is 5.96. The number of halogens is 1. The molecule has 0 bridgehead atoms. The lowest BCUT2D eigenvalue weighted by atomic mass is 9.91. The summed E-state index contributed by atoms with van der Waals surface area (Å²) in [6.07, 6.45) is 7.56. The van der Waals surface area contributed by atoms with Gasteiger partial charge in [-0.25, -0.2) is 0 Å². The average Bonchev–Trinajstić information content (AvgIpc) is 2.65. The van der Waals surface area contributed by atoms with E-state index in [1.807, 2.05) is 19.4 Å². The standard InChI is InChI=1S/C20H24N4O.ClH/c1-23-18-6-4-14(11-15(18)5-7-20(23)25)17-12-22-13-19-16(17)3-2-9-24(19)10-8-21;/h4,6,11-13H,2-3,5,7-10,21H2,1H3;1H. The smallest absolute Gasteiger partial charge is 0.227 e. The van der Waals surface area contributed by atoms with Crippen molar-refractivity contribution >= 4 is 29.7 Å². The van der Waals surface area contributed by atoms with Crippen LogP contribution >= 0.6 is 12.4 Å². The van der Waals surface area contributed by atoms with E-state index in [4.69, 9.17) is 5.73 Å². The molecule has 0 unspecified atom stereocenters. The zero-order chi connectivity index (χ0) is 17.4. The number of anilines is 2. The number of hydrogen-bond donors (Lipinski definition) is 1. The first-order valence-corrected chi connectivity index (χ1v) is 9.01. The fourth-order valence-electron chi connectivity index (χ4n) is 4.04. The number of carbonyl (C=O) groups is 1. The largest absolute Gasteiger partial charge is 0.369 e. The second-order valence-corrected chi connectivity index (χ2v) is 6.86. The number of rotatable bonds is 3. The van der Waals surface area contributed by atoms with E-state index in [1.54, 1.807) is 4.90 Å². The molecule has 6 heteroatoms. The minimum atomic E-state index is 0. The molecule has 0 spiro atoms. The Kier molecular flexibility index (Phi) is 5.49. The molecule has 2 aliphatic heterocycles. The number of nitrogens with zero attached hydrogens (tertiary/aromatic N) is 3. The van der Waals surface area contributed by atoms with Gasteiger partial charge >= 0.3 is 0 Å². The minimum Gasteiger partial charge on any atom is -0.369 e. The molecule has 0 atom stereocenters. The van der Waals surface area contributed by atoms with Crippen LogP contribution in [0.5, 0.6) is 0 Å². The van der Waals surface area contributed by atoms with Crippen molar-refractivity contribution in [3.05, 3.63) is 41.7 Å². The summed E-state index contributed by atoms with van der Waals surface area (Å²) >= 11 is 0. The number of aryl methyl sites for hydroxylation is 1. The molecular weight excluding hydrogens is 348 g/mol. The van der Waals surface area contributed by atoms with Crippen LogP contribution in [0.25, 0.3) is 11.1 Å². The van der Waals surface area contributed by atoms with Crippen molar-refractivity contribution in [3.63, 3.8) is 0 Å². The van der Waals surface area contributed by atoms with Crippen LogP contribution in [0.1, 0.15) is 24.0 Å². The lowest BCUT2D eigenvalue weighted by Crippen LogP contribution is -2.34. The van der Waals surface area contributed by atoms with E-state index in [9.17, 15) is 4.79 Å². The lowest BCUT2D eigenvalue weighted by molar-refractivity contribution is -0.118. The first kappa shape index (κ1) is 18.7. The van der Waals surface area contributed by atoms with Gasteiger partial charge in [-0.05, 0) is 48.1 Å². The third-order valence-electron chi connectivity index (χ3n) is 5.36. The van der Waals surface area contributed by atoms with Crippen LogP contribution in [-0.4, -0.2) is 37.6 Å². The number of amides is 1. The van der Waals surface area contributed by atoms with Crippen molar-refractivity contribution in [2.45, 2.75) is 25.7 Å². The topological polar surface area (TPSA) is 62.5 Å². The zero-order valence-electron chi connectivity index (χ0n) is 15.1. The first-order chi connectivity index (χ1) is 12.2. The quantitative estimate of drug-likeness (QED) is 0.899. The maximum atomic E-state index is 11.9. The third-order valence-corrected chi connectivity index (χ3v) is 5.36. The summed E-state index contributed by atoms with van der Waals surface area (Å²) in [5, 5.41) is 0. The Bertz CT molecular complexity index is 823. The Labute approximate surface area is 160 Å². The Hall–Kier alpha value is -2.11. The minimum absolute atomic E-state index is 0. The second-order valence-electron chi connectivity index (χ2n) is 6.86. The predicted molar refractivity (Wildman–Crippen MR) is 108 cm³/mol. The van der Waals surface area contributed by atoms with Gasteiger partial charge in [-0.15, -0.1) is 12.4 Å². The summed E-state index contributed by atoms with van der Waals surface area (Å²) in [5.74, 6) is 0.191. The van der Waals surface area contributed by atoms with Gasteiger partial charge in [0, 0.05) is 50.6 Å². The van der Waals surface area contributed by atoms with Crippen LogP contribution in [0.2, 0.25) is 0 Å². The third kappa shape index (κ3) is 3.17. The van der Waals surface area contributed by atoms with Gasteiger partial charge in [-0.1, -0.05) is 6.07 Å². The molecular formula is C20H25ClN4O. The highest BCUT2D eigenvalue weighted by Gasteiger charge is 2.23. The van der Waals surface area contributed by atoms with Crippen LogP contribution in [0, 0.1) is 0 Å². The predicted octanol–water partition coefficient (Wildman–Crippen LogP) is 2.79. The number of benzene rings is 1. The van der Waals surface area contributed by atoms with Crippen LogP contribution in [0.4, 0.5) is 11.4 Å². The molecule has 3 heterocycles. The van der Waals surface area contributed by atoms with E-state index in [1.165, 1.54) is 27.9 Å². The highest BCUT2D eigenvalue weighted by Crippen LogP contribution is 2.37. The van der Waals surface area contributed by atoms with E-state index in [0.29, 0.717) is 13.0 Å². The Morgan fingerprint density at radius 1 is 1.15 bits per heavy atom. The van der Waals surface area contributed by atoms with Crippen LogP contribution < -0.4 is 15.5 Å². The van der Waals surface area contributed by atoms with E-state index in [2.05, 4.69) is 28.1 Å². The molecule has 1 aromatic heterocycles. The van der Waals surface area contributed by atoms with E-state index >= 15 is 0 Å². The zero-order valence-corrected chi connectivity index (χ0v) is 15.9. The Morgan fingerprint density at radius 2 is 2.00 bits per heavy atom. The molecule has 0 radical (unpaired) electrons. The molecule has 1 amide bonds. The van der Waals surface area contributed by atoms with E-state index in [-0.39, 0.29) is 18.3 Å².